The Hall–Kier alpha value is -3.47. The second kappa shape index (κ2) is 11.3. The number of halogens is 1. The number of allylic oxidation sites excluding steroid dienone is 1. The first-order valence-electron chi connectivity index (χ1n) is 10.6. The van der Waals surface area contributed by atoms with Crippen LogP contribution in [0.1, 0.15) is 35.2 Å². The zero-order chi connectivity index (χ0) is 25.7. The van der Waals surface area contributed by atoms with Gasteiger partial charge in [0.25, 0.3) is 0 Å². The van der Waals surface area contributed by atoms with Crippen LogP contribution in [0.3, 0.4) is 0 Å². The minimum absolute atomic E-state index is 0.0954. The number of nitrogens with two attached hydrogens (primary N) is 1. The van der Waals surface area contributed by atoms with Gasteiger partial charge in [0.1, 0.15) is 34.2 Å². The second-order valence-corrected chi connectivity index (χ2v) is 9.36. The third-order valence-electron chi connectivity index (χ3n) is 5.26. The fourth-order valence-corrected chi connectivity index (χ4v) is 5.33. The lowest BCUT2D eigenvalue weighted by molar-refractivity contribution is -0.139. The number of hydrogen-bond donors (Lipinski definition) is 1. The molecule has 0 saturated carbocycles. The van der Waals surface area contributed by atoms with Crippen LogP contribution in [0.15, 0.2) is 56.6 Å². The van der Waals surface area contributed by atoms with Crippen molar-refractivity contribution in [1.82, 2.24) is 4.98 Å². The van der Waals surface area contributed by atoms with E-state index in [4.69, 9.17) is 19.9 Å². The lowest BCUT2D eigenvalue weighted by Crippen LogP contribution is -2.27. The van der Waals surface area contributed by atoms with Gasteiger partial charge in [0, 0.05) is 5.69 Å². The summed E-state index contributed by atoms with van der Waals surface area (Å²) in [4.78, 5) is 17.6. The highest BCUT2D eigenvalue weighted by molar-refractivity contribution is 9.10. The topological polar surface area (TPSA) is 131 Å². The maximum absolute atomic E-state index is 13.2. The van der Waals surface area contributed by atoms with Crippen molar-refractivity contribution in [2.24, 2.45) is 5.73 Å². The minimum Gasteiger partial charge on any atom is -0.496 e. The summed E-state index contributed by atoms with van der Waals surface area (Å²) in [7, 11) is 1.54. The van der Waals surface area contributed by atoms with E-state index in [0.717, 1.165) is 11.3 Å². The molecular weight excluding hydrogens is 532 g/mol. The van der Waals surface area contributed by atoms with Gasteiger partial charge in [0.2, 0.25) is 5.88 Å². The first-order chi connectivity index (χ1) is 16.7. The van der Waals surface area contributed by atoms with Crippen LogP contribution in [-0.2, 0) is 14.3 Å². The predicted octanol–water partition coefficient (Wildman–Crippen LogP) is 4.76. The van der Waals surface area contributed by atoms with E-state index < -0.39 is 11.9 Å². The molecule has 180 valence electrons. The van der Waals surface area contributed by atoms with Crippen molar-refractivity contribution in [2.75, 3.05) is 19.5 Å². The van der Waals surface area contributed by atoms with E-state index in [0.29, 0.717) is 26.4 Å². The maximum Gasteiger partial charge on any atom is 0.338 e. The number of nitriles is 2. The van der Waals surface area contributed by atoms with Crippen LogP contribution >= 0.6 is 27.7 Å². The molecule has 1 aromatic carbocycles. The monoisotopic (exact) mass is 554 g/mol. The van der Waals surface area contributed by atoms with Crippen LogP contribution in [0.2, 0.25) is 0 Å². The van der Waals surface area contributed by atoms with Gasteiger partial charge in [-0.1, -0.05) is 17.8 Å². The van der Waals surface area contributed by atoms with Crippen molar-refractivity contribution in [3.63, 3.8) is 0 Å². The third kappa shape index (κ3) is 5.45. The summed E-state index contributed by atoms with van der Waals surface area (Å²) < 4.78 is 17.1. The number of aryl methyl sites for hydroxylation is 2. The number of nitrogens with zero attached hydrogens (tertiary/aromatic N) is 3. The average molecular weight is 555 g/mol. The normalized spacial score (nSPS) is 15.2. The first-order valence-corrected chi connectivity index (χ1v) is 12.4. The molecule has 1 atom stereocenters. The molecule has 0 bridgehead atoms. The number of rotatable bonds is 7. The molecule has 0 spiro atoms. The first kappa shape index (κ1) is 26.1. The number of pyridine rings is 1. The van der Waals surface area contributed by atoms with Crippen LogP contribution < -0.4 is 10.5 Å². The van der Waals surface area contributed by atoms with Gasteiger partial charge in [0.05, 0.1) is 41.0 Å². The molecule has 2 aromatic rings. The van der Waals surface area contributed by atoms with Crippen LogP contribution in [0.5, 0.6) is 5.75 Å². The smallest absolute Gasteiger partial charge is 0.338 e. The number of hydrogen-bond acceptors (Lipinski definition) is 9. The van der Waals surface area contributed by atoms with Crippen molar-refractivity contribution < 1.29 is 19.0 Å². The largest absolute Gasteiger partial charge is 0.496 e. The molecule has 0 aliphatic carbocycles. The Labute approximate surface area is 216 Å². The summed E-state index contributed by atoms with van der Waals surface area (Å²) in [6, 6.07) is 11.4. The Kier molecular flexibility index (Phi) is 8.44. The molecule has 0 amide bonds. The van der Waals surface area contributed by atoms with E-state index in [1.165, 1.54) is 11.8 Å². The van der Waals surface area contributed by atoms with Gasteiger partial charge >= 0.3 is 5.97 Å². The lowest BCUT2D eigenvalue weighted by atomic mass is 9.83. The van der Waals surface area contributed by atoms with Crippen molar-refractivity contribution in [2.45, 2.75) is 31.7 Å². The van der Waals surface area contributed by atoms with Gasteiger partial charge < -0.3 is 19.9 Å². The molecule has 0 saturated heterocycles. The van der Waals surface area contributed by atoms with E-state index in [9.17, 15) is 15.3 Å². The van der Waals surface area contributed by atoms with Crippen LogP contribution in [0, 0.1) is 36.5 Å². The van der Waals surface area contributed by atoms with Crippen molar-refractivity contribution in [1.29, 1.82) is 10.5 Å². The van der Waals surface area contributed by atoms with Gasteiger partial charge in [-0.3, -0.25) is 0 Å². The van der Waals surface area contributed by atoms with Gasteiger partial charge in [-0.25, -0.2) is 9.78 Å². The van der Waals surface area contributed by atoms with E-state index in [1.54, 1.807) is 32.2 Å². The molecular formula is C25H23BrN4O4S. The van der Waals surface area contributed by atoms with E-state index in [-0.39, 0.29) is 35.1 Å². The highest BCUT2D eigenvalue weighted by atomic mass is 79.9. The van der Waals surface area contributed by atoms with Gasteiger partial charge in [0.15, 0.2) is 0 Å². The van der Waals surface area contributed by atoms with Crippen molar-refractivity contribution in [3.8, 4) is 17.9 Å². The van der Waals surface area contributed by atoms with Crippen LogP contribution in [-0.4, -0.2) is 30.4 Å². The summed E-state index contributed by atoms with van der Waals surface area (Å²) >= 11 is 4.71. The highest BCUT2D eigenvalue weighted by Crippen LogP contribution is 2.43. The zero-order valence-corrected chi connectivity index (χ0v) is 22.0. The molecule has 3 rings (SSSR count). The standard InChI is InChI=1S/C25H23BrN4O4S/c1-5-33-25(31)22-20(12-35-24-16(10-27)13(2)8-14(3)30-24)34-23(29)17(11-28)21(22)15-6-7-19(32-4)18(26)9-15/h6-9,21H,5,12,29H2,1-4H3/t21-/m1/s1. The molecule has 1 aromatic heterocycles. The molecule has 0 radical (unpaired) electrons. The van der Waals surface area contributed by atoms with Gasteiger partial charge in [-0.2, -0.15) is 10.5 Å². The third-order valence-corrected chi connectivity index (χ3v) is 6.86. The number of carbonyl (C=O) groups is 1. The van der Waals surface area contributed by atoms with Gasteiger partial charge in [-0.05, 0) is 66.0 Å². The fraction of sp³-hybridized carbons (Fsp3) is 0.280. The Morgan fingerprint density at radius 2 is 2.03 bits per heavy atom. The lowest BCUT2D eigenvalue weighted by Gasteiger charge is -2.28. The molecule has 10 heteroatoms. The summed E-state index contributed by atoms with van der Waals surface area (Å²) in [6.07, 6.45) is 0. The number of benzene rings is 1. The summed E-state index contributed by atoms with van der Waals surface area (Å²) in [6.45, 7) is 5.52. The van der Waals surface area contributed by atoms with E-state index >= 15 is 0 Å². The molecule has 1 aliphatic rings. The molecule has 1 aliphatic heterocycles. The number of thioether (sulfide) groups is 1. The van der Waals surface area contributed by atoms with E-state index in [1.807, 2.05) is 19.9 Å². The Morgan fingerprint density at radius 3 is 2.63 bits per heavy atom. The summed E-state index contributed by atoms with van der Waals surface area (Å²) in [5.74, 6) is -0.541. The SMILES string of the molecule is CCOC(=O)C1=C(CSc2nc(C)cc(C)c2C#N)OC(N)=C(C#N)[C@H]1c1ccc(OC)c(Br)c1. The molecule has 8 nitrogen and oxygen atoms in total. The van der Waals surface area contributed by atoms with E-state index in [2.05, 4.69) is 33.1 Å². The molecule has 0 unspecified atom stereocenters. The molecule has 0 fully saturated rings. The van der Waals surface area contributed by atoms with Crippen LogP contribution in [0.25, 0.3) is 0 Å². The summed E-state index contributed by atoms with van der Waals surface area (Å²) in [5, 5.41) is 20.0. The Morgan fingerprint density at radius 1 is 1.29 bits per heavy atom. The predicted molar refractivity (Wildman–Crippen MR) is 134 cm³/mol. The van der Waals surface area contributed by atoms with Crippen molar-refractivity contribution >= 4 is 33.7 Å². The Balaban J connectivity index is 2.14. The second-order valence-electron chi connectivity index (χ2n) is 7.54. The fourth-order valence-electron chi connectivity index (χ4n) is 3.73. The van der Waals surface area contributed by atoms with Gasteiger partial charge in [-0.15, -0.1) is 0 Å². The zero-order valence-electron chi connectivity index (χ0n) is 19.6. The quantitative estimate of drug-likeness (QED) is 0.380. The number of ether oxygens (including phenoxy) is 3. The molecule has 35 heavy (non-hydrogen) atoms. The number of esters is 1. The Bertz CT molecular complexity index is 1320. The van der Waals surface area contributed by atoms with Crippen molar-refractivity contribution in [3.05, 3.63) is 73.9 Å². The number of aromatic nitrogens is 1. The minimum atomic E-state index is -0.812. The maximum atomic E-state index is 13.2. The number of carbonyl (C=O) groups excluding carboxylic acids is 1. The number of methoxy groups -OCH3 is 1. The molecule has 2 heterocycles. The summed E-state index contributed by atoms with van der Waals surface area (Å²) in [5.41, 5.74) is 9.07. The molecule has 2 N–H and O–H groups in total. The van der Waals surface area contributed by atoms with Crippen LogP contribution in [0.4, 0.5) is 0 Å². The highest BCUT2D eigenvalue weighted by Gasteiger charge is 2.38. The average Bonchev–Trinajstić information content (AvgIpc) is 2.81.